The maximum atomic E-state index is 13.9. The predicted molar refractivity (Wildman–Crippen MR) is 182 cm³/mol. The summed E-state index contributed by atoms with van der Waals surface area (Å²) in [4.78, 5) is 57.6. The van der Waals surface area contributed by atoms with E-state index in [1.54, 1.807) is 60.7 Å². The van der Waals surface area contributed by atoms with Gasteiger partial charge in [-0.3, -0.25) is 19.7 Å². The van der Waals surface area contributed by atoms with Crippen molar-refractivity contribution in [1.29, 1.82) is 0 Å². The number of carbonyl (C=O) groups excluding carboxylic acids is 4. The molecule has 0 fully saturated rings. The standard InChI is InChI=1S/C37H31ClF2N4O5/c1-44(33(45)16-14-23-9-6-12-31(40)34(23)38)30(22-49-37(48)43-32-19-28-18-29(39)15-13-27(28)20-41-32)21-42-36(47)26-11-5-10-25(17-26)35(46)24-7-3-2-4-8-24/h2-13,15,17-20,30H,14,16,21-22H2,1H3,(H,42,47)(H,41,43,48)/t30-/m0/s1. The Morgan fingerprint density at radius 3 is 2.39 bits per heavy atom. The number of carbonyl (C=O) groups is 4. The summed E-state index contributed by atoms with van der Waals surface area (Å²) in [5.74, 6) is -2.06. The van der Waals surface area contributed by atoms with Gasteiger partial charge in [0.1, 0.15) is 24.1 Å². The van der Waals surface area contributed by atoms with E-state index in [-0.39, 0.29) is 54.1 Å². The minimum absolute atomic E-state index is 0.0441. The second-order valence-electron chi connectivity index (χ2n) is 11.1. The van der Waals surface area contributed by atoms with Gasteiger partial charge in [-0.1, -0.05) is 66.2 Å². The van der Waals surface area contributed by atoms with Crippen molar-refractivity contribution in [2.45, 2.75) is 18.9 Å². The third-order valence-corrected chi connectivity index (χ3v) is 8.25. The monoisotopic (exact) mass is 684 g/mol. The molecule has 0 radical (unpaired) electrons. The Morgan fingerprint density at radius 1 is 0.857 bits per heavy atom. The van der Waals surface area contributed by atoms with Gasteiger partial charge in [0, 0.05) is 48.3 Å². The summed E-state index contributed by atoms with van der Waals surface area (Å²) >= 11 is 6.06. The molecule has 5 aromatic rings. The molecule has 0 aliphatic heterocycles. The number of amides is 3. The number of benzene rings is 4. The van der Waals surface area contributed by atoms with Crippen LogP contribution in [0.5, 0.6) is 0 Å². The number of ether oxygens (including phenoxy) is 1. The SMILES string of the molecule is CN(C(=O)CCc1cccc(F)c1Cl)[C@@H](CNC(=O)c1cccc(C(=O)c2ccccc2)c1)COC(=O)Nc1cc2cc(F)ccc2cn1. The summed E-state index contributed by atoms with van der Waals surface area (Å²) < 4.78 is 33.1. The smallest absolute Gasteiger partial charge is 0.412 e. The van der Waals surface area contributed by atoms with Gasteiger partial charge < -0.3 is 15.0 Å². The molecule has 1 aromatic heterocycles. The molecule has 0 spiro atoms. The van der Waals surface area contributed by atoms with Crippen LogP contribution in [-0.2, 0) is 16.0 Å². The first kappa shape index (κ1) is 34.6. The molecule has 5 rings (SSSR count). The van der Waals surface area contributed by atoms with Crippen molar-refractivity contribution in [2.75, 3.05) is 25.5 Å². The van der Waals surface area contributed by atoms with E-state index < -0.39 is 29.7 Å². The summed E-state index contributed by atoms with van der Waals surface area (Å²) in [7, 11) is 1.49. The number of nitrogens with one attached hydrogen (secondary N) is 2. The summed E-state index contributed by atoms with van der Waals surface area (Å²) in [6.07, 6.45) is 0.690. The van der Waals surface area contributed by atoms with Crippen molar-refractivity contribution in [3.63, 3.8) is 0 Å². The lowest BCUT2D eigenvalue weighted by Gasteiger charge is -2.28. The molecular weight excluding hydrogens is 654 g/mol. The highest BCUT2D eigenvalue weighted by atomic mass is 35.5. The van der Waals surface area contributed by atoms with Crippen LogP contribution in [0.4, 0.5) is 19.4 Å². The van der Waals surface area contributed by atoms with Crippen LogP contribution in [0, 0.1) is 11.6 Å². The Hall–Kier alpha value is -5.68. The number of likely N-dealkylation sites (N-methyl/N-ethyl adjacent to an activating group) is 1. The molecule has 49 heavy (non-hydrogen) atoms. The first-order valence-electron chi connectivity index (χ1n) is 15.2. The van der Waals surface area contributed by atoms with Crippen LogP contribution in [0.25, 0.3) is 10.8 Å². The van der Waals surface area contributed by atoms with Crippen molar-refractivity contribution in [3.8, 4) is 0 Å². The van der Waals surface area contributed by atoms with E-state index in [0.29, 0.717) is 27.5 Å². The van der Waals surface area contributed by atoms with Crippen LogP contribution in [0.15, 0.2) is 103 Å². The van der Waals surface area contributed by atoms with Crippen LogP contribution in [-0.4, -0.2) is 59.8 Å². The van der Waals surface area contributed by atoms with Gasteiger partial charge in [0.05, 0.1) is 11.1 Å². The van der Waals surface area contributed by atoms with Crippen LogP contribution in [0.2, 0.25) is 5.02 Å². The highest BCUT2D eigenvalue weighted by Crippen LogP contribution is 2.22. The fraction of sp³-hybridized carbons (Fsp3) is 0.162. The average Bonchev–Trinajstić information content (AvgIpc) is 3.11. The van der Waals surface area contributed by atoms with Crippen molar-refractivity contribution in [3.05, 3.63) is 142 Å². The second-order valence-corrected chi connectivity index (χ2v) is 11.5. The zero-order valence-electron chi connectivity index (χ0n) is 26.3. The number of pyridine rings is 1. The predicted octanol–water partition coefficient (Wildman–Crippen LogP) is 6.84. The van der Waals surface area contributed by atoms with E-state index >= 15 is 0 Å². The van der Waals surface area contributed by atoms with Gasteiger partial charge >= 0.3 is 6.09 Å². The van der Waals surface area contributed by atoms with Crippen LogP contribution in [0.3, 0.4) is 0 Å². The molecule has 0 unspecified atom stereocenters. The Bertz CT molecular complexity index is 2010. The van der Waals surface area contributed by atoms with E-state index in [2.05, 4.69) is 15.6 Å². The number of hydrogen-bond donors (Lipinski definition) is 2. The molecule has 3 amide bonds. The molecule has 0 bridgehead atoms. The number of ketones is 1. The number of rotatable bonds is 12. The molecule has 2 N–H and O–H groups in total. The van der Waals surface area contributed by atoms with Crippen LogP contribution in [0.1, 0.15) is 38.3 Å². The van der Waals surface area contributed by atoms with Gasteiger partial charge in [-0.25, -0.2) is 18.6 Å². The Kier molecular flexibility index (Phi) is 11.3. The lowest BCUT2D eigenvalue weighted by molar-refractivity contribution is -0.132. The van der Waals surface area contributed by atoms with Crippen molar-refractivity contribution in [2.24, 2.45) is 0 Å². The number of hydrogen-bond acceptors (Lipinski definition) is 6. The van der Waals surface area contributed by atoms with E-state index in [1.807, 2.05) is 0 Å². The van der Waals surface area contributed by atoms with Crippen molar-refractivity contribution in [1.82, 2.24) is 15.2 Å². The number of halogens is 3. The number of aryl methyl sites for hydroxylation is 1. The van der Waals surface area contributed by atoms with E-state index in [0.717, 1.165) is 0 Å². The maximum Gasteiger partial charge on any atom is 0.412 e. The van der Waals surface area contributed by atoms with Gasteiger partial charge in [-0.2, -0.15) is 0 Å². The van der Waals surface area contributed by atoms with Gasteiger partial charge in [0.15, 0.2) is 5.78 Å². The molecule has 0 aliphatic rings. The van der Waals surface area contributed by atoms with Gasteiger partial charge in [-0.05, 0) is 59.8 Å². The van der Waals surface area contributed by atoms with Gasteiger partial charge in [0.2, 0.25) is 5.91 Å². The molecule has 0 aliphatic carbocycles. The fourth-order valence-electron chi connectivity index (χ4n) is 5.03. The average molecular weight is 685 g/mol. The summed E-state index contributed by atoms with van der Waals surface area (Å²) in [6, 6.07) is 24.0. The summed E-state index contributed by atoms with van der Waals surface area (Å²) in [5, 5.41) is 6.36. The Labute approximate surface area is 285 Å². The lowest BCUT2D eigenvalue weighted by Crippen LogP contribution is -2.48. The molecule has 4 aromatic carbocycles. The van der Waals surface area contributed by atoms with Crippen LogP contribution < -0.4 is 10.6 Å². The number of anilines is 1. The van der Waals surface area contributed by atoms with Gasteiger partial charge in [0.25, 0.3) is 5.91 Å². The van der Waals surface area contributed by atoms with Gasteiger partial charge in [-0.15, -0.1) is 0 Å². The molecule has 0 saturated heterocycles. The maximum absolute atomic E-state index is 13.9. The van der Waals surface area contributed by atoms with Crippen molar-refractivity contribution < 1.29 is 32.7 Å². The van der Waals surface area contributed by atoms with E-state index in [9.17, 15) is 28.0 Å². The topological polar surface area (TPSA) is 118 Å². The third-order valence-electron chi connectivity index (χ3n) is 7.82. The first-order valence-corrected chi connectivity index (χ1v) is 15.6. The summed E-state index contributed by atoms with van der Waals surface area (Å²) in [6.45, 7) is -0.455. The van der Waals surface area contributed by atoms with E-state index in [1.165, 1.54) is 54.5 Å². The quantitative estimate of drug-likeness (QED) is 0.139. The number of fused-ring (bicyclic) bond motifs is 1. The largest absolute Gasteiger partial charge is 0.447 e. The highest BCUT2D eigenvalue weighted by Gasteiger charge is 2.24. The second kappa shape index (κ2) is 15.9. The number of nitrogens with zero attached hydrogens (tertiary/aromatic N) is 2. The zero-order chi connectivity index (χ0) is 34.9. The zero-order valence-corrected chi connectivity index (χ0v) is 27.0. The first-order chi connectivity index (χ1) is 23.6. The molecule has 1 heterocycles. The Morgan fingerprint density at radius 2 is 1.59 bits per heavy atom. The highest BCUT2D eigenvalue weighted by molar-refractivity contribution is 6.31. The van der Waals surface area contributed by atoms with Crippen molar-refractivity contribution >= 4 is 51.9 Å². The van der Waals surface area contributed by atoms with E-state index in [4.69, 9.17) is 16.3 Å². The third kappa shape index (κ3) is 9.02. The molecule has 1 atom stereocenters. The lowest BCUT2D eigenvalue weighted by atomic mass is 10.0. The molecule has 0 saturated carbocycles. The molecule has 9 nitrogen and oxygen atoms in total. The molecular formula is C37H31ClF2N4O5. The Balaban J connectivity index is 1.26. The van der Waals surface area contributed by atoms with Crippen LogP contribution >= 0.6 is 11.6 Å². The minimum Gasteiger partial charge on any atom is -0.447 e. The molecule has 12 heteroatoms. The normalized spacial score (nSPS) is 11.4. The minimum atomic E-state index is -0.890. The fourth-order valence-corrected chi connectivity index (χ4v) is 5.25. The summed E-state index contributed by atoms with van der Waals surface area (Å²) in [5.41, 5.74) is 1.47. The molecule has 250 valence electrons. The number of aromatic nitrogens is 1.